The van der Waals surface area contributed by atoms with Crippen LogP contribution < -0.4 is 4.74 Å². The number of halogens is 1. The van der Waals surface area contributed by atoms with Crippen LogP contribution in [0.15, 0.2) is 35.9 Å². The number of unbranched alkanes of at least 4 members (excludes halogenated alkanes) is 8. The monoisotopic (exact) mass is 756 g/mol. The van der Waals surface area contributed by atoms with Gasteiger partial charge in [-0.3, -0.25) is 0 Å². The maximum absolute atomic E-state index is 10.7. The second kappa shape index (κ2) is 20.2. The van der Waals surface area contributed by atoms with Gasteiger partial charge in [-0.1, -0.05) is 126 Å². The van der Waals surface area contributed by atoms with Crippen LogP contribution in [0.2, 0.25) is 0 Å². The van der Waals surface area contributed by atoms with E-state index in [0.29, 0.717) is 23.0 Å². The molecule has 0 bridgehead atoms. The van der Waals surface area contributed by atoms with E-state index in [1.807, 2.05) is 0 Å². The van der Waals surface area contributed by atoms with E-state index in [1.54, 1.807) is 29.8 Å². The standard InChI is InChI=1S/C27H46O.C18H27BrO3/c1-18(2)7-6-8-19(3)23-11-12-24-22-10-9-20-17-21(28)13-15-26(20,4)25(22)14-16-27(23,24)5;19-14-8-6-4-2-1-3-5-7-9-15-22-17-12-10-16(11-13-17)18(20)21/h9,18-19,21-25,28H,6-8,10-17H2,1-5H3;10-13H,1-9,14-15H2,(H,20,21)/t19-,21+,22+,23-,24+,25+,26+,27-;/m1./s1. The molecule has 2 N–H and O–H groups in total. The van der Waals surface area contributed by atoms with Crippen LogP contribution in [0.1, 0.15) is 173 Å². The predicted octanol–water partition coefficient (Wildman–Crippen LogP) is 13.1. The van der Waals surface area contributed by atoms with Crippen molar-refractivity contribution in [1.29, 1.82) is 0 Å². The Balaban J connectivity index is 0.000000233. The third-order valence-corrected chi connectivity index (χ3v) is 14.5. The Hall–Kier alpha value is -1.33. The summed E-state index contributed by atoms with van der Waals surface area (Å²) in [4.78, 5) is 10.7. The largest absolute Gasteiger partial charge is 0.494 e. The lowest BCUT2D eigenvalue weighted by Gasteiger charge is -2.58. The second-order valence-electron chi connectivity index (χ2n) is 17.7. The third-order valence-electron chi connectivity index (χ3n) is 13.9. The van der Waals surface area contributed by atoms with E-state index in [4.69, 9.17) is 9.84 Å². The molecule has 1 aromatic rings. The van der Waals surface area contributed by atoms with Gasteiger partial charge in [0, 0.05) is 5.33 Å². The lowest BCUT2D eigenvalue weighted by atomic mass is 9.47. The molecule has 1 aromatic carbocycles. The fourth-order valence-electron chi connectivity index (χ4n) is 11.0. The van der Waals surface area contributed by atoms with Crippen molar-refractivity contribution in [2.24, 2.45) is 46.3 Å². The van der Waals surface area contributed by atoms with Gasteiger partial charge in [0.25, 0.3) is 0 Å². The molecule has 0 spiro atoms. The summed E-state index contributed by atoms with van der Waals surface area (Å²) < 4.78 is 5.62. The molecule has 5 heteroatoms. The minimum atomic E-state index is -0.904. The number of carbonyl (C=O) groups is 1. The molecule has 4 nitrogen and oxygen atoms in total. The van der Waals surface area contributed by atoms with Gasteiger partial charge < -0.3 is 14.9 Å². The van der Waals surface area contributed by atoms with Gasteiger partial charge in [0.05, 0.1) is 18.3 Å². The molecule has 0 unspecified atom stereocenters. The maximum atomic E-state index is 10.7. The second-order valence-corrected chi connectivity index (χ2v) is 18.5. The van der Waals surface area contributed by atoms with E-state index >= 15 is 0 Å². The fraction of sp³-hybridized carbons (Fsp3) is 0.800. The molecule has 0 amide bonds. The van der Waals surface area contributed by atoms with Crippen LogP contribution in [0, 0.1) is 46.3 Å². The minimum Gasteiger partial charge on any atom is -0.494 e. The average Bonchev–Trinajstić information content (AvgIpc) is 3.45. The lowest BCUT2D eigenvalue weighted by Crippen LogP contribution is -2.50. The molecular weight excluding hydrogens is 684 g/mol. The van der Waals surface area contributed by atoms with Gasteiger partial charge in [0.1, 0.15) is 5.75 Å². The molecule has 0 radical (unpaired) electrons. The Morgan fingerprint density at radius 1 is 0.840 bits per heavy atom. The third kappa shape index (κ3) is 11.1. The van der Waals surface area contributed by atoms with E-state index in [-0.39, 0.29) is 6.10 Å². The summed E-state index contributed by atoms with van der Waals surface area (Å²) in [7, 11) is 0. The van der Waals surface area contributed by atoms with Crippen molar-refractivity contribution >= 4 is 21.9 Å². The lowest BCUT2D eigenvalue weighted by molar-refractivity contribution is -0.0573. The van der Waals surface area contributed by atoms with Gasteiger partial charge in [-0.15, -0.1) is 0 Å². The number of rotatable bonds is 18. The molecule has 8 atom stereocenters. The van der Waals surface area contributed by atoms with Gasteiger partial charge in [-0.05, 0) is 135 Å². The number of alkyl halides is 1. The van der Waals surface area contributed by atoms with Crippen LogP contribution in [0.5, 0.6) is 5.75 Å². The molecule has 284 valence electrons. The predicted molar refractivity (Wildman–Crippen MR) is 213 cm³/mol. The van der Waals surface area contributed by atoms with Gasteiger partial charge in [-0.25, -0.2) is 4.79 Å². The molecule has 3 fully saturated rings. The van der Waals surface area contributed by atoms with E-state index in [0.717, 1.165) is 65.8 Å². The summed E-state index contributed by atoms with van der Waals surface area (Å²) >= 11 is 3.46. The first-order chi connectivity index (χ1) is 24.0. The number of benzene rings is 1. The van der Waals surface area contributed by atoms with Crippen molar-refractivity contribution in [2.45, 2.75) is 169 Å². The number of carboxylic acids is 1. The highest BCUT2D eigenvalue weighted by Crippen LogP contribution is 2.67. The van der Waals surface area contributed by atoms with Crippen LogP contribution in [-0.2, 0) is 0 Å². The number of carboxylic acid groups (broad SMARTS) is 1. The Labute approximate surface area is 315 Å². The van der Waals surface area contributed by atoms with Crippen LogP contribution in [0.4, 0.5) is 0 Å². The molecule has 5 rings (SSSR count). The number of ether oxygens (including phenoxy) is 1. The topological polar surface area (TPSA) is 66.8 Å². The molecule has 3 saturated carbocycles. The number of allylic oxidation sites excluding steroid dienone is 1. The number of hydrogen-bond donors (Lipinski definition) is 2. The Morgan fingerprint density at radius 3 is 2.14 bits per heavy atom. The van der Waals surface area contributed by atoms with Crippen molar-refractivity contribution in [2.75, 3.05) is 11.9 Å². The highest BCUT2D eigenvalue weighted by atomic mass is 79.9. The number of aromatic carboxylic acids is 1. The van der Waals surface area contributed by atoms with Crippen molar-refractivity contribution in [3.05, 3.63) is 41.5 Å². The molecule has 0 aromatic heterocycles. The molecule has 0 heterocycles. The van der Waals surface area contributed by atoms with Crippen LogP contribution in [0.3, 0.4) is 0 Å². The highest BCUT2D eigenvalue weighted by molar-refractivity contribution is 9.09. The molecule has 0 aliphatic heterocycles. The average molecular weight is 758 g/mol. The maximum Gasteiger partial charge on any atom is 0.335 e. The Kier molecular flexibility index (Phi) is 16.7. The van der Waals surface area contributed by atoms with Crippen molar-refractivity contribution in [3.8, 4) is 5.75 Å². The zero-order valence-corrected chi connectivity index (χ0v) is 34.2. The van der Waals surface area contributed by atoms with Gasteiger partial charge in [0.2, 0.25) is 0 Å². The summed E-state index contributed by atoms with van der Waals surface area (Å²) in [5, 5.41) is 20.2. The van der Waals surface area contributed by atoms with Crippen molar-refractivity contribution in [3.63, 3.8) is 0 Å². The summed E-state index contributed by atoms with van der Waals surface area (Å²) in [5.74, 6) is 5.30. The first-order valence-corrected chi connectivity index (χ1v) is 22.0. The summed E-state index contributed by atoms with van der Waals surface area (Å²) in [6.45, 7) is 13.3. The molecule has 4 aliphatic rings. The normalized spacial score (nSPS) is 30.7. The molecule has 4 aliphatic carbocycles. The van der Waals surface area contributed by atoms with E-state index in [1.165, 1.54) is 109 Å². The summed E-state index contributed by atoms with van der Waals surface area (Å²) in [6.07, 6.45) is 28.7. The first-order valence-electron chi connectivity index (χ1n) is 20.9. The number of aliphatic hydroxyl groups is 1. The van der Waals surface area contributed by atoms with E-state index in [9.17, 15) is 9.90 Å². The number of hydrogen-bond acceptors (Lipinski definition) is 3. The Bertz CT molecular complexity index is 1180. The van der Waals surface area contributed by atoms with E-state index < -0.39 is 5.97 Å². The zero-order chi connectivity index (χ0) is 36.1. The molecular formula is C45H73BrO4. The zero-order valence-electron chi connectivity index (χ0n) is 32.6. The van der Waals surface area contributed by atoms with Crippen LogP contribution in [0.25, 0.3) is 0 Å². The van der Waals surface area contributed by atoms with Gasteiger partial charge in [0.15, 0.2) is 0 Å². The minimum absolute atomic E-state index is 0.0766. The number of fused-ring (bicyclic) bond motifs is 5. The highest BCUT2D eigenvalue weighted by Gasteiger charge is 2.59. The van der Waals surface area contributed by atoms with Gasteiger partial charge >= 0.3 is 5.97 Å². The number of aliphatic hydroxyl groups excluding tert-OH is 1. The van der Waals surface area contributed by atoms with Crippen molar-refractivity contribution < 1.29 is 19.7 Å². The van der Waals surface area contributed by atoms with Crippen LogP contribution >= 0.6 is 15.9 Å². The SMILES string of the molecule is CC(C)CCC[C@@H](C)[C@H]1CC[C@H]2[C@@H]3CC=C4C[C@@H](O)CC[C@]4(C)[C@H]3CC[C@]12C.O=C(O)c1ccc(OCCCCCCCCCCCBr)cc1. The van der Waals surface area contributed by atoms with Gasteiger partial charge in [-0.2, -0.15) is 0 Å². The Morgan fingerprint density at radius 2 is 1.50 bits per heavy atom. The molecule has 0 saturated heterocycles. The fourth-order valence-corrected chi connectivity index (χ4v) is 11.4. The molecule has 50 heavy (non-hydrogen) atoms. The summed E-state index contributed by atoms with van der Waals surface area (Å²) in [5.41, 5.74) is 2.90. The van der Waals surface area contributed by atoms with E-state index in [2.05, 4.69) is 56.6 Å². The smallest absolute Gasteiger partial charge is 0.335 e. The summed E-state index contributed by atoms with van der Waals surface area (Å²) in [6, 6.07) is 6.59. The quantitative estimate of drug-likeness (QED) is 0.0889. The van der Waals surface area contributed by atoms with Crippen molar-refractivity contribution in [1.82, 2.24) is 0 Å². The van der Waals surface area contributed by atoms with Crippen LogP contribution in [-0.4, -0.2) is 34.2 Å². The first kappa shape index (κ1) is 41.4.